The maximum atomic E-state index is 11.0. The van der Waals surface area contributed by atoms with Crippen molar-refractivity contribution in [1.29, 1.82) is 0 Å². The lowest BCUT2D eigenvalue weighted by Crippen LogP contribution is -2.03. The first kappa shape index (κ1) is 20.7. The van der Waals surface area contributed by atoms with E-state index in [1.54, 1.807) is 19.1 Å². The van der Waals surface area contributed by atoms with Gasteiger partial charge >= 0.3 is 5.97 Å². The molecule has 0 unspecified atom stereocenters. The van der Waals surface area contributed by atoms with Crippen LogP contribution in [0.3, 0.4) is 0 Å². The van der Waals surface area contributed by atoms with Gasteiger partial charge < -0.3 is 9.53 Å². The van der Waals surface area contributed by atoms with Crippen LogP contribution in [0.1, 0.15) is 46.0 Å². The van der Waals surface area contributed by atoms with Gasteiger partial charge in [0, 0.05) is 0 Å². The number of hydrogen-bond donors (Lipinski definition) is 0. The molecule has 1 aromatic rings. The third-order valence-electron chi connectivity index (χ3n) is 1.28. The first-order valence-electron chi connectivity index (χ1n) is 4.77. The molecule has 0 aliphatic carbocycles. The van der Waals surface area contributed by atoms with Crippen molar-refractivity contribution in [1.82, 2.24) is 0 Å². The Labute approximate surface area is 105 Å². The van der Waals surface area contributed by atoms with Gasteiger partial charge in [-0.1, -0.05) is 33.1 Å². The first-order valence-corrected chi connectivity index (χ1v) is 4.77. The molecule has 17 heavy (non-hydrogen) atoms. The van der Waals surface area contributed by atoms with Gasteiger partial charge in [-0.3, -0.25) is 0 Å². The Morgan fingerprint density at radius 1 is 1.06 bits per heavy atom. The fourth-order valence-corrected chi connectivity index (χ4v) is 0.789. The summed E-state index contributed by atoms with van der Waals surface area (Å²) in [5.41, 5.74) is 0.606. The fraction of sp³-hybridized carbons (Fsp3) is 0.429. The van der Waals surface area contributed by atoms with E-state index in [1.807, 2.05) is 18.2 Å². The predicted octanol–water partition coefficient (Wildman–Crippen LogP) is 3.73. The molecule has 0 bridgehead atoms. The molecule has 0 aliphatic heterocycles. The minimum Gasteiger partial charge on any atom is -0.462 e. The molecule has 0 atom stereocenters. The lowest BCUT2D eigenvalue weighted by atomic mass is 10.2. The van der Waals surface area contributed by atoms with Gasteiger partial charge in [0.2, 0.25) is 0 Å². The largest absolute Gasteiger partial charge is 0.462 e. The average molecular weight is 240 g/mol. The summed E-state index contributed by atoms with van der Waals surface area (Å²) < 4.78 is 4.79. The highest BCUT2D eigenvalue weighted by atomic mass is 16.5. The van der Waals surface area contributed by atoms with Crippen molar-refractivity contribution in [2.75, 3.05) is 6.61 Å². The van der Waals surface area contributed by atoms with Gasteiger partial charge in [-0.2, -0.15) is 0 Å². The minimum absolute atomic E-state index is 0. The maximum Gasteiger partial charge on any atom is 0.338 e. The quantitative estimate of drug-likeness (QED) is 0.740. The summed E-state index contributed by atoms with van der Waals surface area (Å²) >= 11 is 0. The van der Waals surface area contributed by atoms with E-state index in [-0.39, 0.29) is 26.6 Å². The zero-order chi connectivity index (χ0) is 11.7. The highest BCUT2D eigenvalue weighted by Crippen LogP contribution is 1.99. The number of esters is 1. The van der Waals surface area contributed by atoms with Crippen LogP contribution in [0.2, 0.25) is 0 Å². The van der Waals surface area contributed by atoms with Crippen molar-refractivity contribution in [3.63, 3.8) is 0 Å². The topological polar surface area (TPSA) is 43.4 Å². The molecule has 0 spiro atoms. The van der Waals surface area contributed by atoms with Crippen LogP contribution in [0, 0.1) is 0 Å². The van der Waals surface area contributed by atoms with Crippen molar-refractivity contribution >= 4 is 11.8 Å². The van der Waals surface area contributed by atoms with Crippen molar-refractivity contribution < 1.29 is 14.3 Å². The average Bonchev–Trinajstić information content (AvgIpc) is 2.19. The summed E-state index contributed by atoms with van der Waals surface area (Å²) in [6, 6.07) is 8.96. The van der Waals surface area contributed by atoms with Crippen molar-refractivity contribution in [3.8, 4) is 0 Å². The molecule has 0 saturated heterocycles. The molecule has 0 N–H and O–H groups in total. The molecule has 0 heterocycles. The standard InChI is InChI=1S/C9H10O2.C3H6O.2CH4/c1-2-11-9(10)8-6-4-3-5-7-8;1-3(2)4;;/h3-7H,2H2,1H3;1-2H3;2*1H4. The van der Waals surface area contributed by atoms with E-state index in [4.69, 9.17) is 4.74 Å². The SMILES string of the molecule is C.C.CC(C)=O.CCOC(=O)c1ccccc1. The molecule has 0 amide bonds. The molecule has 1 rings (SSSR count). The molecule has 0 saturated carbocycles. The van der Waals surface area contributed by atoms with Crippen LogP contribution in [0.15, 0.2) is 30.3 Å². The van der Waals surface area contributed by atoms with Crippen molar-refractivity contribution in [3.05, 3.63) is 35.9 Å². The normalized spacial score (nSPS) is 7.47. The predicted molar refractivity (Wildman–Crippen MR) is 72.2 cm³/mol. The van der Waals surface area contributed by atoms with Crippen LogP contribution in [-0.4, -0.2) is 18.4 Å². The minimum atomic E-state index is -0.256. The van der Waals surface area contributed by atoms with Crippen LogP contribution in [-0.2, 0) is 9.53 Å². The summed E-state index contributed by atoms with van der Waals surface area (Å²) in [5, 5.41) is 0. The second-order valence-electron chi connectivity index (χ2n) is 2.99. The van der Waals surface area contributed by atoms with E-state index in [0.29, 0.717) is 12.2 Å². The van der Waals surface area contributed by atoms with Crippen LogP contribution in [0.4, 0.5) is 0 Å². The molecule has 0 radical (unpaired) electrons. The highest BCUT2D eigenvalue weighted by molar-refractivity contribution is 5.89. The second-order valence-corrected chi connectivity index (χ2v) is 2.99. The number of carbonyl (C=O) groups excluding carboxylic acids is 2. The summed E-state index contributed by atoms with van der Waals surface area (Å²) in [5.74, 6) is -0.0897. The van der Waals surface area contributed by atoms with E-state index in [9.17, 15) is 9.59 Å². The molecule has 3 heteroatoms. The Morgan fingerprint density at radius 3 is 1.82 bits per heavy atom. The van der Waals surface area contributed by atoms with Crippen molar-refractivity contribution in [2.24, 2.45) is 0 Å². The summed E-state index contributed by atoms with van der Waals surface area (Å²) in [7, 11) is 0. The lowest BCUT2D eigenvalue weighted by molar-refractivity contribution is -0.115. The zero-order valence-electron chi connectivity index (χ0n) is 9.32. The monoisotopic (exact) mass is 240 g/mol. The van der Waals surface area contributed by atoms with Crippen LogP contribution < -0.4 is 0 Å². The molecule has 0 aromatic heterocycles. The second kappa shape index (κ2) is 12.4. The van der Waals surface area contributed by atoms with Gasteiger partial charge in [-0.25, -0.2) is 4.79 Å². The smallest absolute Gasteiger partial charge is 0.338 e. The van der Waals surface area contributed by atoms with E-state index in [2.05, 4.69) is 0 Å². The van der Waals surface area contributed by atoms with E-state index >= 15 is 0 Å². The first-order chi connectivity index (χ1) is 7.07. The summed E-state index contributed by atoms with van der Waals surface area (Å²) in [6.07, 6.45) is 0. The number of ketones is 1. The third kappa shape index (κ3) is 12.3. The molecule has 0 fully saturated rings. The molecular formula is C14H24O3. The number of ether oxygens (including phenoxy) is 1. The van der Waals surface area contributed by atoms with Crippen LogP contribution in [0.25, 0.3) is 0 Å². The number of rotatable bonds is 2. The van der Waals surface area contributed by atoms with Gasteiger partial charge in [-0.15, -0.1) is 0 Å². The van der Waals surface area contributed by atoms with Gasteiger partial charge in [0.15, 0.2) is 0 Å². The van der Waals surface area contributed by atoms with Gasteiger partial charge in [0.1, 0.15) is 5.78 Å². The van der Waals surface area contributed by atoms with Crippen LogP contribution in [0.5, 0.6) is 0 Å². The molecular weight excluding hydrogens is 216 g/mol. The molecule has 1 aromatic carbocycles. The fourth-order valence-electron chi connectivity index (χ4n) is 0.789. The molecule has 0 aliphatic rings. The highest BCUT2D eigenvalue weighted by Gasteiger charge is 2.02. The molecule has 3 nitrogen and oxygen atoms in total. The number of carbonyl (C=O) groups is 2. The van der Waals surface area contributed by atoms with E-state index in [1.165, 1.54) is 13.8 Å². The number of Topliss-reactive ketones (excluding diaryl/α,β-unsaturated/α-hetero) is 1. The Balaban J connectivity index is -0.000000289. The van der Waals surface area contributed by atoms with Crippen molar-refractivity contribution in [2.45, 2.75) is 35.6 Å². The Bertz CT molecular complexity index is 301. The van der Waals surface area contributed by atoms with Gasteiger partial charge in [-0.05, 0) is 32.9 Å². The maximum absolute atomic E-state index is 11.0. The summed E-state index contributed by atoms with van der Waals surface area (Å²) in [4.78, 5) is 20.5. The number of benzene rings is 1. The van der Waals surface area contributed by atoms with E-state index in [0.717, 1.165) is 0 Å². The number of hydrogen-bond acceptors (Lipinski definition) is 3. The molecule has 98 valence electrons. The van der Waals surface area contributed by atoms with Crippen LogP contribution >= 0.6 is 0 Å². The Morgan fingerprint density at radius 2 is 1.47 bits per heavy atom. The summed E-state index contributed by atoms with van der Waals surface area (Å²) in [6.45, 7) is 5.27. The van der Waals surface area contributed by atoms with Gasteiger partial charge in [0.05, 0.1) is 12.2 Å². The third-order valence-corrected chi connectivity index (χ3v) is 1.28. The Kier molecular flexibility index (Phi) is 15.2. The zero-order valence-corrected chi connectivity index (χ0v) is 9.32. The van der Waals surface area contributed by atoms with Gasteiger partial charge in [0.25, 0.3) is 0 Å². The Hall–Kier alpha value is -1.64. The van der Waals surface area contributed by atoms with E-state index < -0.39 is 0 Å². The lowest BCUT2D eigenvalue weighted by Gasteiger charge is -1.99.